The molecular formula is C14H15N3O5S. The number of aliphatic carboxylic acids is 1. The standard InChI is InChI=1S/C14H15N3O5S/c15-9-4-8-7(2-1-3-10(8)17(21)22)11-5-23-6-12(14(19)20)16(11)13(9)18/h1-3,9,11-12H,4-6,15H2,(H,19,20)/t9-,11+,12-/m1/s1. The van der Waals surface area contributed by atoms with Gasteiger partial charge in [0, 0.05) is 29.6 Å². The average molecular weight is 337 g/mol. The molecule has 122 valence electrons. The lowest BCUT2D eigenvalue weighted by atomic mass is 9.96. The van der Waals surface area contributed by atoms with E-state index in [0.717, 1.165) is 0 Å². The Kier molecular flexibility index (Phi) is 3.99. The molecule has 0 saturated carbocycles. The summed E-state index contributed by atoms with van der Waals surface area (Å²) in [5, 5.41) is 20.7. The van der Waals surface area contributed by atoms with E-state index in [1.807, 2.05) is 0 Å². The predicted molar refractivity (Wildman–Crippen MR) is 83.1 cm³/mol. The van der Waals surface area contributed by atoms with Gasteiger partial charge in [-0.05, 0) is 5.56 Å². The molecule has 23 heavy (non-hydrogen) atoms. The van der Waals surface area contributed by atoms with Crippen molar-refractivity contribution in [3.63, 3.8) is 0 Å². The van der Waals surface area contributed by atoms with E-state index in [0.29, 0.717) is 16.9 Å². The molecular weight excluding hydrogens is 322 g/mol. The fraction of sp³-hybridized carbons (Fsp3) is 0.429. The van der Waals surface area contributed by atoms with Gasteiger partial charge in [0.2, 0.25) is 5.91 Å². The zero-order chi connectivity index (χ0) is 16.7. The highest BCUT2D eigenvalue weighted by molar-refractivity contribution is 7.99. The maximum atomic E-state index is 12.6. The second kappa shape index (κ2) is 5.82. The van der Waals surface area contributed by atoms with Gasteiger partial charge >= 0.3 is 5.97 Å². The molecule has 0 radical (unpaired) electrons. The van der Waals surface area contributed by atoms with Crippen molar-refractivity contribution in [2.24, 2.45) is 5.73 Å². The van der Waals surface area contributed by atoms with Crippen molar-refractivity contribution in [1.29, 1.82) is 0 Å². The zero-order valence-electron chi connectivity index (χ0n) is 12.0. The Morgan fingerprint density at radius 2 is 2.17 bits per heavy atom. The van der Waals surface area contributed by atoms with E-state index in [-0.39, 0.29) is 17.9 Å². The number of amides is 1. The molecule has 2 aliphatic heterocycles. The third-order valence-electron chi connectivity index (χ3n) is 4.25. The van der Waals surface area contributed by atoms with Gasteiger partial charge in [-0.2, -0.15) is 11.8 Å². The van der Waals surface area contributed by atoms with E-state index < -0.39 is 34.9 Å². The minimum atomic E-state index is -1.09. The lowest BCUT2D eigenvalue weighted by Crippen LogP contribution is -2.55. The number of hydrogen-bond acceptors (Lipinski definition) is 6. The Bertz CT molecular complexity index is 695. The molecule has 0 unspecified atom stereocenters. The molecule has 0 spiro atoms. The van der Waals surface area contributed by atoms with E-state index in [2.05, 4.69) is 0 Å². The van der Waals surface area contributed by atoms with Crippen molar-refractivity contribution in [2.75, 3.05) is 11.5 Å². The topological polar surface area (TPSA) is 127 Å². The number of nitrogens with two attached hydrogens (primary N) is 1. The van der Waals surface area contributed by atoms with Crippen molar-refractivity contribution < 1.29 is 19.6 Å². The van der Waals surface area contributed by atoms with E-state index >= 15 is 0 Å². The van der Waals surface area contributed by atoms with Crippen LogP contribution in [0.15, 0.2) is 18.2 Å². The first-order chi connectivity index (χ1) is 10.9. The molecule has 3 N–H and O–H groups in total. The van der Waals surface area contributed by atoms with Crippen LogP contribution in [0.1, 0.15) is 17.2 Å². The van der Waals surface area contributed by atoms with Crippen LogP contribution < -0.4 is 5.73 Å². The van der Waals surface area contributed by atoms with Crippen LogP contribution in [-0.4, -0.2) is 50.4 Å². The molecule has 9 heteroatoms. The number of rotatable bonds is 2. The number of carboxylic acid groups (broad SMARTS) is 1. The maximum absolute atomic E-state index is 12.6. The largest absolute Gasteiger partial charge is 0.480 e. The minimum Gasteiger partial charge on any atom is -0.480 e. The molecule has 0 bridgehead atoms. The highest BCUT2D eigenvalue weighted by atomic mass is 32.2. The number of carbonyl (C=O) groups excluding carboxylic acids is 1. The molecule has 8 nitrogen and oxygen atoms in total. The van der Waals surface area contributed by atoms with Gasteiger partial charge in [-0.15, -0.1) is 0 Å². The summed E-state index contributed by atoms with van der Waals surface area (Å²) in [7, 11) is 0. The molecule has 1 saturated heterocycles. The Morgan fingerprint density at radius 1 is 1.43 bits per heavy atom. The highest BCUT2D eigenvalue weighted by Gasteiger charge is 2.44. The van der Waals surface area contributed by atoms with Crippen molar-refractivity contribution in [1.82, 2.24) is 4.90 Å². The normalized spacial score (nSPS) is 26.9. The number of nitro benzene ring substituents is 1. The van der Waals surface area contributed by atoms with Gasteiger partial charge in [-0.3, -0.25) is 14.9 Å². The van der Waals surface area contributed by atoms with E-state index in [1.165, 1.54) is 22.7 Å². The van der Waals surface area contributed by atoms with Gasteiger partial charge in [0.25, 0.3) is 5.69 Å². The molecule has 1 fully saturated rings. The summed E-state index contributed by atoms with van der Waals surface area (Å²) in [5.41, 5.74) is 6.90. The van der Waals surface area contributed by atoms with Gasteiger partial charge in [-0.25, -0.2) is 4.79 Å². The number of nitro groups is 1. The molecule has 1 amide bonds. The van der Waals surface area contributed by atoms with Gasteiger partial charge in [-0.1, -0.05) is 12.1 Å². The summed E-state index contributed by atoms with van der Waals surface area (Å²) < 4.78 is 0. The smallest absolute Gasteiger partial charge is 0.327 e. The number of thioether (sulfide) groups is 1. The Labute approximate surface area is 135 Å². The molecule has 0 aliphatic carbocycles. The van der Waals surface area contributed by atoms with Gasteiger partial charge in [0.05, 0.1) is 17.0 Å². The quantitative estimate of drug-likeness (QED) is 0.596. The summed E-state index contributed by atoms with van der Waals surface area (Å²) >= 11 is 1.42. The van der Waals surface area contributed by atoms with Crippen LogP contribution >= 0.6 is 11.8 Å². The number of carboxylic acids is 1. The fourth-order valence-electron chi connectivity index (χ4n) is 3.20. The first-order valence-corrected chi connectivity index (χ1v) is 8.21. The SMILES string of the molecule is N[C@@H]1Cc2c(cccc2[N+](=O)[O-])[C@@H]2CSC[C@H](C(=O)O)N2C1=O. The fourth-order valence-corrected chi connectivity index (χ4v) is 4.43. The molecule has 0 aromatic heterocycles. The van der Waals surface area contributed by atoms with Crippen molar-refractivity contribution >= 4 is 29.3 Å². The maximum Gasteiger partial charge on any atom is 0.327 e. The van der Waals surface area contributed by atoms with Crippen LogP contribution in [0.3, 0.4) is 0 Å². The second-order valence-electron chi connectivity index (χ2n) is 5.57. The molecule has 2 heterocycles. The van der Waals surface area contributed by atoms with E-state index in [9.17, 15) is 24.8 Å². The van der Waals surface area contributed by atoms with Gasteiger partial charge in [0.15, 0.2) is 0 Å². The lowest BCUT2D eigenvalue weighted by molar-refractivity contribution is -0.385. The first kappa shape index (κ1) is 15.8. The second-order valence-corrected chi connectivity index (χ2v) is 6.64. The monoisotopic (exact) mass is 337 g/mol. The Morgan fingerprint density at radius 3 is 2.83 bits per heavy atom. The Balaban J connectivity index is 2.17. The molecule has 3 atom stereocenters. The van der Waals surface area contributed by atoms with Crippen LogP contribution in [0.2, 0.25) is 0 Å². The van der Waals surface area contributed by atoms with Crippen LogP contribution in [0.25, 0.3) is 0 Å². The third-order valence-corrected chi connectivity index (χ3v) is 5.35. The van der Waals surface area contributed by atoms with Crippen LogP contribution in [0.4, 0.5) is 5.69 Å². The number of fused-ring (bicyclic) bond motifs is 3. The Hall–Kier alpha value is -2.13. The average Bonchev–Trinajstić information content (AvgIpc) is 2.63. The first-order valence-electron chi connectivity index (χ1n) is 7.06. The van der Waals surface area contributed by atoms with Crippen molar-refractivity contribution in [2.45, 2.75) is 24.5 Å². The van der Waals surface area contributed by atoms with Gasteiger partial charge in [0.1, 0.15) is 6.04 Å². The summed E-state index contributed by atoms with van der Waals surface area (Å²) in [6.07, 6.45) is 0.0370. The molecule has 2 aliphatic rings. The highest BCUT2D eigenvalue weighted by Crippen LogP contribution is 2.40. The van der Waals surface area contributed by atoms with Crippen LogP contribution in [0, 0.1) is 10.1 Å². The summed E-state index contributed by atoms with van der Waals surface area (Å²) in [6, 6.07) is 2.20. The van der Waals surface area contributed by atoms with Crippen molar-refractivity contribution in [3.05, 3.63) is 39.4 Å². The van der Waals surface area contributed by atoms with E-state index in [4.69, 9.17) is 5.73 Å². The summed E-state index contributed by atoms with van der Waals surface area (Å²) in [5.74, 6) is -0.768. The molecule has 3 rings (SSSR count). The zero-order valence-corrected chi connectivity index (χ0v) is 12.9. The number of hydrogen-bond donors (Lipinski definition) is 2. The third kappa shape index (κ3) is 2.55. The number of benzene rings is 1. The molecule has 1 aromatic rings. The lowest BCUT2D eigenvalue weighted by Gasteiger charge is -2.39. The van der Waals surface area contributed by atoms with Crippen LogP contribution in [0.5, 0.6) is 0 Å². The summed E-state index contributed by atoms with van der Waals surface area (Å²) in [6.45, 7) is 0. The number of carbonyl (C=O) groups is 2. The summed E-state index contributed by atoms with van der Waals surface area (Å²) in [4.78, 5) is 36.2. The van der Waals surface area contributed by atoms with E-state index in [1.54, 1.807) is 12.1 Å². The molecule has 1 aromatic carbocycles. The minimum absolute atomic E-state index is 0.0370. The van der Waals surface area contributed by atoms with Crippen LogP contribution in [-0.2, 0) is 16.0 Å². The van der Waals surface area contributed by atoms with Crippen molar-refractivity contribution in [3.8, 4) is 0 Å². The van der Waals surface area contributed by atoms with Gasteiger partial charge < -0.3 is 15.7 Å². The predicted octanol–water partition coefficient (Wildman–Crippen LogP) is 0.548. The number of nitrogens with zero attached hydrogens (tertiary/aromatic N) is 2.